The maximum Gasteiger partial charge on any atom is 0.0700 e. The highest BCUT2D eigenvalue weighted by Crippen LogP contribution is 2.22. The van der Waals surface area contributed by atoms with E-state index in [-0.39, 0.29) is 5.54 Å². The van der Waals surface area contributed by atoms with Gasteiger partial charge >= 0.3 is 0 Å². The lowest BCUT2D eigenvalue weighted by Gasteiger charge is -2.45. The third kappa shape index (κ3) is 3.42. The molecule has 1 fully saturated rings. The van der Waals surface area contributed by atoms with Gasteiger partial charge in [-0.25, -0.2) is 0 Å². The van der Waals surface area contributed by atoms with Crippen molar-refractivity contribution in [3.8, 4) is 0 Å². The molecule has 2 N–H and O–H groups in total. The molecule has 1 aliphatic rings. The zero-order valence-corrected chi connectivity index (χ0v) is 10.9. The summed E-state index contributed by atoms with van der Waals surface area (Å²) >= 11 is 0. The van der Waals surface area contributed by atoms with E-state index < -0.39 is 0 Å². The van der Waals surface area contributed by atoms with Crippen molar-refractivity contribution < 1.29 is 9.47 Å². The second kappa shape index (κ2) is 6.55. The SMILES string of the molecule is CCC1CN(C(C)(CN)CCOC)CCO1. The quantitative estimate of drug-likeness (QED) is 0.735. The van der Waals surface area contributed by atoms with Crippen LogP contribution in [0.15, 0.2) is 0 Å². The molecule has 0 saturated carbocycles. The third-order valence-corrected chi connectivity index (χ3v) is 3.64. The lowest BCUT2D eigenvalue weighted by molar-refractivity contribution is -0.0703. The fourth-order valence-electron chi connectivity index (χ4n) is 2.17. The molecule has 0 aliphatic carbocycles. The minimum Gasteiger partial charge on any atom is -0.385 e. The highest BCUT2D eigenvalue weighted by Gasteiger charge is 2.33. The molecule has 0 aromatic carbocycles. The Morgan fingerprint density at radius 2 is 2.31 bits per heavy atom. The van der Waals surface area contributed by atoms with Gasteiger partial charge in [0.15, 0.2) is 0 Å². The van der Waals surface area contributed by atoms with E-state index in [0.29, 0.717) is 12.6 Å². The zero-order valence-electron chi connectivity index (χ0n) is 10.9. The number of nitrogens with zero attached hydrogens (tertiary/aromatic N) is 1. The molecule has 2 unspecified atom stereocenters. The molecule has 1 rings (SSSR count). The van der Waals surface area contributed by atoms with Crippen LogP contribution in [0, 0.1) is 0 Å². The molecule has 96 valence electrons. The topological polar surface area (TPSA) is 47.7 Å². The molecule has 0 spiro atoms. The largest absolute Gasteiger partial charge is 0.385 e. The summed E-state index contributed by atoms with van der Waals surface area (Å²) in [7, 11) is 1.74. The maximum absolute atomic E-state index is 5.93. The van der Waals surface area contributed by atoms with E-state index in [1.165, 1.54) is 0 Å². The van der Waals surface area contributed by atoms with Gasteiger partial charge in [0.2, 0.25) is 0 Å². The molecule has 0 aromatic rings. The first-order chi connectivity index (χ1) is 7.66. The average molecular weight is 230 g/mol. The molecular weight excluding hydrogens is 204 g/mol. The van der Waals surface area contributed by atoms with Gasteiger partial charge in [0.05, 0.1) is 12.7 Å². The first-order valence-electron chi connectivity index (χ1n) is 6.22. The second-order valence-corrected chi connectivity index (χ2v) is 4.79. The number of methoxy groups -OCH3 is 1. The van der Waals surface area contributed by atoms with E-state index in [9.17, 15) is 0 Å². The predicted molar refractivity (Wildman–Crippen MR) is 65.6 cm³/mol. The number of ether oxygens (including phenoxy) is 2. The zero-order chi connectivity index (χ0) is 12.0. The summed E-state index contributed by atoms with van der Waals surface area (Å²) in [6.07, 6.45) is 2.42. The minimum atomic E-state index is 0.0488. The molecule has 0 bridgehead atoms. The highest BCUT2D eigenvalue weighted by molar-refractivity contribution is 4.90. The smallest absolute Gasteiger partial charge is 0.0700 e. The van der Waals surface area contributed by atoms with E-state index >= 15 is 0 Å². The van der Waals surface area contributed by atoms with Gasteiger partial charge in [0.1, 0.15) is 0 Å². The summed E-state index contributed by atoms with van der Waals surface area (Å²) in [5, 5.41) is 0. The van der Waals surface area contributed by atoms with Crippen LogP contribution in [0.1, 0.15) is 26.7 Å². The van der Waals surface area contributed by atoms with E-state index in [0.717, 1.165) is 39.1 Å². The van der Waals surface area contributed by atoms with Crippen molar-refractivity contribution >= 4 is 0 Å². The fraction of sp³-hybridized carbons (Fsp3) is 1.00. The monoisotopic (exact) mass is 230 g/mol. The van der Waals surface area contributed by atoms with Crippen LogP contribution in [-0.4, -0.2) is 56.5 Å². The van der Waals surface area contributed by atoms with Crippen molar-refractivity contribution in [2.45, 2.75) is 38.3 Å². The number of hydrogen-bond acceptors (Lipinski definition) is 4. The Morgan fingerprint density at radius 3 is 2.88 bits per heavy atom. The molecule has 16 heavy (non-hydrogen) atoms. The van der Waals surface area contributed by atoms with Crippen molar-refractivity contribution in [1.29, 1.82) is 0 Å². The van der Waals surface area contributed by atoms with Crippen LogP contribution >= 0.6 is 0 Å². The Hall–Kier alpha value is -0.160. The van der Waals surface area contributed by atoms with Crippen LogP contribution in [0.4, 0.5) is 0 Å². The first-order valence-corrected chi connectivity index (χ1v) is 6.22. The Morgan fingerprint density at radius 1 is 1.56 bits per heavy atom. The molecule has 0 amide bonds. The molecule has 1 heterocycles. The summed E-state index contributed by atoms with van der Waals surface area (Å²) in [4.78, 5) is 2.46. The Kier molecular flexibility index (Phi) is 5.69. The molecular formula is C12H26N2O2. The van der Waals surface area contributed by atoms with Crippen LogP contribution in [-0.2, 0) is 9.47 Å². The van der Waals surface area contributed by atoms with Gasteiger partial charge < -0.3 is 15.2 Å². The molecule has 0 aromatic heterocycles. The standard InChI is InChI=1S/C12H26N2O2/c1-4-11-9-14(6-8-16-11)12(2,10-13)5-7-15-3/h11H,4-10,13H2,1-3H3. The van der Waals surface area contributed by atoms with Crippen LogP contribution < -0.4 is 5.73 Å². The van der Waals surface area contributed by atoms with Crippen molar-refractivity contribution in [3.63, 3.8) is 0 Å². The Balaban J connectivity index is 2.56. The first kappa shape index (κ1) is 13.9. The van der Waals surface area contributed by atoms with Crippen molar-refractivity contribution in [3.05, 3.63) is 0 Å². The molecule has 4 nitrogen and oxygen atoms in total. The Bertz CT molecular complexity index is 201. The van der Waals surface area contributed by atoms with Gasteiger partial charge in [-0.1, -0.05) is 6.92 Å². The van der Waals surface area contributed by atoms with Crippen LogP contribution in [0.5, 0.6) is 0 Å². The molecule has 1 aliphatic heterocycles. The van der Waals surface area contributed by atoms with E-state index in [1.54, 1.807) is 7.11 Å². The summed E-state index contributed by atoms with van der Waals surface area (Å²) < 4.78 is 10.9. The lowest BCUT2D eigenvalue weighted by atomic mass is 9.94. The summed E-state index contributed by atoms with van der Waals surface area (Å²) in [6, 6.07) is 0. The van der Waals surface area contributed by atoms with Crippen LogP contribution in [0.25, 0.3) is 0 Å². The molecule has 0 radical (unpaired) electrons. The summed E-state index contributed by atoms with van der Waals surface area (Å²) in [5.74, 6) is 0. The van der Waals surface area contributed by atoms with E-state index in [1.807, 2.05) is 0 Å². The number of nitrogens with two attached hydrogens (primary N) is 1. The number of rotatable bonds is 6. The van der Waals surface area contributed by atoms with Gasteiger partial charge in [-0.05, 0) is 19.8 Å². The van der Waals surface area contributed by atoms with Gasteiger partial charge in [0.25, 0.3) is 0 Å². The van der Waals surface area contributed by atoms with Gasteiger partial charge in [-0.15, -0.1) is 0 Å². The normalized spacial score (nSPS) is 26.6. The summed E-state index contributed by atoms with van der Waals surface area (Å²) in [5.41, 5.74) is 5.98. The third-order valence-electron chi connectivity index (χ3n) is 3.64. The van der Waals surface area contributed by atoms with Crippen molar-refractivity contribution in [2.24, 2.45) is 5.73 Å². The van der Waals surface area contributed by atoms with Gasteiger partial charge in [-0.2, -0.15) is 0 Å². The maximum atomic E-state index is 5.93. The summed E-state index contributed by atoms with van der Waals surface area (Å²) in [6.45, 7) is 8.63. The molecule has 1 saturated heterocycles. The van der Waals surface area contributed by atoms with Gasteiger partial charge in [-0.3, -0.25) is 4.90 Å². The van der Waals surface area contributed by atoms with E-state index in [2.05, 4.69) is 18.7 Å². The number of morpholine rings is 1. The number of hydrogen-bond donors (Lipinski definition) is 1. The predicted octanol–water partition coefficient (Wildman–Crippen LogP) is 0.851. The average Bonchev–Trinajstić information content (AvgIpc) is 2.36. The lowest BCUT2D eigenvalue weighted by Crippen LogP contribution is -2.58. The molecule has 4 heteroatoms. The van der Waals surface area contributed by atoms with Gasteiger partial charge in [0, 0.05) is 38.9 Å². The Labute approximate surface area is 99.1 Å². The second-order valence-electron chi connectivity index (χ2n) is 4.79. The van der Waals surface area contributed by atoms with Crippen LogP contribution in [0.3, 0.4) is 0 Å². The highest BCUT2D eigenvalue weighted by atomic mass is 16.5. The fourth-order valence-corrected chi connectivity index (χ4v) is 2.17. The molecule has 2 atom stereocenters. The van der Waals surface area contributed by atoms with Crippen molar-refractivity contribution in [1.82, 2.24) is 4.90 Å². The van der Waals surface area contributed by atoms with E-state index in [4.69, 9.17) is 15.2 Å². The van der Waals surface area contributed by atoms with Crippen molar-refractivity contribution in [2.75, 3.05) is 40.0 Å². The van der Waals surface area contributed by atoms with Crippen LogP contribution in [0.2, 0.25) is 0 Å². The minimum absolute atomic E-state index is 0.0488.